The number of fused-ring (bicyclic) bond motifs is 5. The minimum absolute atomic E-state index is 0.0436. The summed E-state index contributed by atoms with van der Waals surface area (Å²) in [6, 6.07) is 0.421. The van der Waals surface area contributed by atoms with Crippen molar-refractivity contribution < 1.29 is 52.4 Å². The zero-order chi connectivity index (χ0) is 38.1. The van der Waals surface area contributed by atoms with Crippen LogP contribution in [0.4, 0.5) is 0 Å². The second-order valence-corrected chi connectivity index (χ2v) is 17.1. The van der Waals surface area contributed by atoms with E-state index < -0.39 is 12.4 Å². The van der Waals surface area contributed by atoms with Gasteiger partial charge in [0.25, 0.3) is 0 Å². The lowest BCUT2D eigenvalue weighted by atomic mass is 9.67. The van der Waals surface area contributed by atoms with E-state index in [0.717, 1.165) is 50.5 Å². The summed E-state index contributed by atoms with van der Waals surface area (Å²) in [5.74, 6) is 0.0318. The first-order valence-corrected chi connectivity index (χ1v) is 20.5. The first-order valence-electron chi connectivity index (χ1n) is 20.5. The molecule has 1 N–H and O–H groups in total. The molecule has 3 aliphatic carbocycles. The minimum atomic E-state index is -0.597. The van der Waals surface area contributed by atoms with Gasteiger partial charge in [-0.25, -0.2) is 0 Å². The molecule has 3 heterocycles. The van der Waals surface area contributed by atoms with Crippen LogP contribution in [0.15, 0.2) is 23.3 Å². The molecule has 11 heteroatoms. The molecule has 0 bridgehead atoms. The Morgan fingerprint density at radius 3 is 2.21 bits per heavy atom. The molecular formula is C42H68NO10+. The van der Waals surface area contributed by atoms with Gasteiger partial charge in [0.05, 0.1) is 38.8 Å². The molecule has 0 aromatic rings. The van der Waals surface area contributed by atoms with Crippen LogP contribution in [0.5, 0.6) is 0 Å². The number of hydrogen-bond acceptors (Lipinski definition) is 10. The molecule has 4 fully saturated rings. The van der Waals surface area contributed by atoms with Crippen molar-refractivity contribution in [2.24, 2.45) is 35.5 Å². The fourth-order valence-electron chi connectivity index (χ4n) is 10.9. The molecule has 0 amide bonds. The maximum Gasteiger partial charge on any atom is 0.306 e. The predicted octanol–water partition coefficient (Wildman–Crippen LogP) is 4.46. The maximum absolute atomic E-state index is 14.7. The molecule has 11 nitrogen and oxygen atoms in total. The lowest BCUT2D eigenvalue weighted by Gasteiger charge is -2.44. The van der Waals surface area contributed by atoms with Gasteiger partial charge in [0.1, 0.15) is 36.6 Å². The van der Waals surface area contributed by atoms with Crippen LogP contribution < -0.4 is 4.90 Å². The summed E-state index contributed by atoms with van der Waals surface area (Å²) in [6.07, 6.45) is 8.72. The molecule has 3 saturated heterocycles. The highest BCUT2D eigenvalue weighted by Crippen LogP contribution is 2.56. The maximum atomic E-state index is 14.7. The van der Waals surface area contributed by atoms with E-state index in [1.807, 2.05) is 13.8 Å². The van der Waals surface area contributed by atoms with Gasteiger partial charge in [-0.05, 0) is 88.5 Å². The Morgan fingerprint density at radius 1 is 0.811 bits per heavy atom. The number of carbonyl (C=O) groups is 2. The summed E-state index contributed by atoms with van der Waals surface area (Å²) >= 11 is 0. The number of hydrogen-bond donors (Lipinski definition) is 1. The molecule has 300 valence electrons. The number of cyclic esters (lactones) is 1. The van der Waals surface area contributed by atoms with E-state index in [2.05, 4.69) is 47.0 Å². The molecule has 0 radical (unpaired) electrons. The predicted molar refractivity (Wildman–Crippen MR) is 198 cm³/mol. The van der Waals surface area contributed by atoms with Crippen molar-refractivity contribution in [3.63, 3.8) is 0 Å². The molecule has 6 rings (SSSR count). The van der Waals surface area contributed by atoms with Gasteiger partial charge in [-0.3, -0.25) is 9.59 Å². The van der Waals surface area contributed by atoms with Gasteiger partial charge in [0.2, 0.25) is 0 Å². The van der Waals surface area contributed by atoms with Crippen LogP contribution >= 0.6 is 0 Å². The number of allylic oxidation sites excluding steroid dienone is 4. The van der Waals surface area contributed by atoms with Crippen LogP contribution in [-0.4, -0.2) is 115 Å². The van der Waals surface area contributed by atoms with Crippen LogP contribution in [0.2, 0.25) is 0 Å². The second-order valence-electron chi connectivity index (χ2n) is 17.1. The zero-order valence-electron chi connectivity index (χ0n) is 33.9. The topological polar surface area (TPSA) is 112 Å². The third kappa shape index (κ3) is 8.53. The molecule has 0 aromatic heterocycles. The van der Waals surface area contributed by atoms with Gasteiger partial charge < -0.3 is 42.8 Å². The second kappa shape index (κ2) is 17.6. The Hall–Kier alpha value is -1.70. The number of Topliss-reactive ketones (excluding diaryl/α,β-unsaturated/α-hetero) is 1. The number of likely N-dealkylation sites (N-methyl/N-ethyl adjacent to an activating group) is 1. The normalized spacial score (nSPS) is 45.3. The summed E-state index contributed by atoms with van der Waals surface area (Å²) in [5.41, 5.74) is 2.08. The van der Waals surface area contributed by atoms with Crippen molar-refractivity contribution in [1.29, 1.82) is 0 Å². The number of ketones is 1. The van der Waals surface area contributed by atoms with Crippen molar-refractivity contribution in [2.45, 2.75) is 160 Å². The van der Waals surface area contributed by atoms with Crippen molar-refractivity contribution in [3.8, 4) is 0 Å². The molecule has 0 aromatic carbocycles. The largest absolute Gasteiger partial charge is 0.462 e. The Labute approximate surface area is 317 Å². The number of rotatable bonds is 9. The minimum Gasteiger partial charge on any atom is -0.462 e. The highest BCUT2D eigenvalue weighted by Gasteiger charge is 2.53. The Balaban J connectivity index is 1.23. The van der Waals surface area contributed by atoms with E-state index in [-0.39, 0.29) is 96.8 Å². The fraction of sp³-hybridized carbons (Fsp3) is 0.857. The third-order valence-corrected chi connectivity index (χ3v) is 13.8. The van der Waals surface area contributed by atoms with Crippen molar-refractivity contribution in [3.05, 3.63) is 23.3 Å². The number of nitrogens with one attached hydrogen (secondary N) is 1. The van der Waals surface area contributed by atoms with Crippen molar-refractivity contribution >= 4 is 11.8 Å². The summed E-state index contributed by atoms with van der Waals surface area (Å²) in [6.45, 7) is 10.4. The van der Waals surface area contributed by atoms with Gasteiger partial charge >= 0.3 is 5.97 Å². The highest BCUT2D eigenvalue weighted by atomic mass is 16.7. The summed E-state index contributed by atoms with van der Waals surface area (Å²) < 4.78 is 49.8. The third-order valence-electron chi connectivity index (χ3n) is 13.8. The van der Waals surface area contributed by atoms with E-state index in [0.29, 0.717) is 18.4 Å². The zero-order valence-corrected chi connectivity index (χ0v) is 33.9. The molecular weight excluding hydrogens is 678 g/mol. The van der Waals surface area contributed by atoms with Crippen molar-refractivity contribution in [1.82, 2.24) is 0 Å². The Bertz CT molecular complexity index is 1330. The van der Waals surface area contributed by atoms with E-state index in [9.17, 15) is 9.59 Å². The molecule has 6 aliphatic rings. The van der Waals surface area contributed by atoms with Gasteiger partial charge in [-0.15, -0.1) is 0 Å². The molecule has 53 heavy (non-hydrogen) atoms. The Morgan fingerprint density at radius 2 is 1.55 bits per heavy atom. The van der Waals surface area contributed by atoms with Crippen LogP contribution in [0, 0.1) is 35.5 Å². The highest BCUT2D eigenvalue weighted by molar-refractivity contribution is 5.99. The lowest BCUT2D eigenvalue weighted by molar-refractivity contribution is -0.892. The molecule has 1 saturated carbocycles. The number of ether oxygens (including phenoxy) is 8. The van der Waals surface area contributed by atoms with Gasteiger partial charge in [-0.1, -0.05) is 31.6 Å². The van der Waals surface area contributed by atoms with Crippen molar-refractivity contribution in [2.75, 3.05) is 35.4 Å². The number of quaternary nitrogens is 1. The first kappa shape index (κ1) is 40.9. The smallest absolute Gasteiger partial charge is 0.306 e. The summed E-state index contributed by atoms with van der Waals surface area (Å²) in [5, 5.41) is 0. The van der Waals surface area contributed by atoms with E-state index >= 15 is 0 Å². The summed E-state index contributed by atoms with van der Waals surface area (Å²) in [7, 11) is 9.33. The van der Waals surface area contributed by atoms with Gasteiger partial charge in [0, 0.05) is 46.0 Å². The first-order chi connectivity index (χ1) is 25.4. The SMILES string of the molecule is CC[C@H]1CCCC(O[C@H]2CC[C@H]([NH+](C)C)[C@@H](C)O2)[C@@H](C)C(=O)C2=C[C@@H]3[C@@H](C=C(C)[C@@H]4C[C@@H](OC5O[C@@H](C)[C@H](OC)[C@@H](OC)[C@H]5OC)C[C@@H]34)[C@@H]2CC(=O)O1. The van der Waals surface area contributed by atoms with E-state index in [4.69, 9.17) is 37.9 Å². The quantitative estimate of drug-likeness (QED) is 0.268. The Kier molecular flexibility index (Phi) is 13.6. The van der Waals surface area contributed by atoms with Gasteiger partial charge in [0.15, 0.2) is 18.4 Å². The van der Waals surface area contributed by atoms with Gasteiger partial charge in [-0.2, -0.15) is 0 Å². The lowest BCUT2D eigenvalue weighted by Crippen LogP contribution is -3.11. The monoisotopic (exact) mass is 746 g/mol. The average Bonchev–Trinajstić information content (AvgIpc) is 3.71. The summed E-state index contributed by atoms with van der Waals surface area (Å²) in [4.78, 5) is 29.7. The van der Waals surface area contributed by atoms with E-state index in [1.165, 1.54) is 10.5 Å². The number of esters is 1. The van der Waals surface area contributed by atoms with Crippen LogP contribution in [-0.2, 0) is 47.5 Å². The standard InChI is InChI=1S/C42H67NO10/c1-11-26-13-12-14-35(53-37-16-15-34(43(6)7)24(4)49-37)23(3)38(45)33-20-31-29(32(33)21-36(44)51-26)17-22(2)28-18-27(19-30(28)31)52-42-41(48-10)40(47-9)39(46-8)25(5)50-42/h17,20,23-32,34-35,37,39-42H,11-16,18-19,21H2,1-10H3/p+1/t23-,24-,25+,26+,27-,28+,29-,30-,31-,32+,34+,35?,37+,39+,40-,41-,42?/m1/s1. The molecule has 3 aliphatic heterocycles. The molecule has 0 spiro atoms. The molecule has 17 atom stereocenters. The van der Waals surface area contributed by atoms with Crippen LogP contribution in [0.1, 0.15) is 92.4 Å². The van der Waals surface area contributed by atoms with Crippen LogP contribution in [0.25, 0.3) is 0 Å². The molecule has 2 unspecified atom stereocenters. The average molecular weight is 747 g/mol. The number of methoxy groups -OCH3 is 3. The fourth-order valence-corrected chi connectivity index (χ4v) is 10.9. The number of carbonyl (C=O) groups excluding carboxylic acids is 2. The van der Waals surface area contributed by atoms with E-state index in [1.54, 1.807) is 21.3 Å². The van der Waals surface area contributed by atoms with Crippen LogP contribution in [0.3, 0.4) is 0 Å².